The van der Waals surface area contributed by atoms with Crippen LogP contribution in [0, 0.1) is 0 Å². The van der Waals surface area contributed by atoms with E-state index in [1.54, 1.807) is 12.4 Å². The Hall–Kier alpha value is -6.86. The van der Waals surface area contributed by atoms with Gasteiger partial charge >= 0.3 is 0 Å². The SMILES string of the molecule is c1ccc(-c2nc(-c3cccnc3)cc(-c3nc(-c4ccccc4)nc(-c4ccc(-c5cccc6oc7ccccc7c56)cc4)n3)n2)cc1. The number of para-hydroxylation sites is 1. The molecule has 7 heteroatoms. The lowest BCUT2D eigenvalue weighted by Gasteiger charge is -2.11. The van der Waals surface area contributed by atoms with E-state index < -0.39 is 0 Å². The quantitative estimate of drug-likeness (QED) is 0.181. The van der Waals surface area contributed by atoms with Crippen LogP contribution in [-0.4, -0.2) is 29.9 Å². The Balaban J connectivity index is 1.19. The largest absolute Gasteiger partial charge is 0.456 e. The van der Waals surface area contributed by atoms with E-state index in [0.29, 0.717) is 29.0 Å². The van der Waals surface area contributed by atoms with E-state index in [2.05, 4.69) is 41.4 Å². The van der Waals surface area contributed by atoms with Gasteiger partial charge in [-0.3, -0.25) is 4.98 Å². The predicted molar refractivity (Wildman–Crippen MR) is 193 cm³/mol. The first-order valence-electron chi connectivity index (χ1n) is 15.9. The third-order valence-electron chi connectivity index (χ3n) is 8.47. The van der Waals surface area contributed by atoms with Crippen molar-refractivity contribution >= 4 is 21.9 Å². The molecule has 0 unspecified atom stereocenters. The molecule has 0 bridgehead atoms. The molecule has 7 nitrogen and oxygen atoms in total. The fraction of sp³-hybridized carbons (Fsp3) is 0. The van der Waals surface area contributed by atoms with Crippen LogP contribution in [0.3, 0.4) is 0 Å². The summed E-state index contributed by atoms with van der Waals surface area (Å²) in [6, 6.07) is 48.3. The summed E-state index contributed by atoms with van der Waals surface area (Å²) in [5.74, 6) is 2.13. The number of rotatable bonds is 6. The van der Waals surface area contributed by atoms with E-state index in [1.807, 2.05) is 109 Å². The van der Waals surface area contributed by atoms with Gasteiger partial charge in [-0.2, -0.15) is 0 Å². The molecule has 230 valence electrons. The van der Waals surface area contributed by atoms with Crippen LogP contribution in [-0.2, 0) is 0 Å². The summed E-state index contributed by atoms with van der Waals surface area (Å²) >= 11 is 0. The summed E-state index contributed by atoms with van der Waals surface area (Å²) < 4.78 is 6.15. The average Bonchev–Trinajstić information content (AvgIpc) is 3.58. The molecule has 0 spiro atoms. The molecule has 0 aliphatic heterocycles. The summed E-state index contributed by atoms with van der Waals surface area (Å²) in [5, 5.41) is 2.19. The van der Waals surface area contributed by atoms with Gasteiger partial charge in [0, 0.05) is 45.4 Å². The second-order valence-corrected chi connectivity index (χ2v) is 11.6. The van der Waals surface area contributed by atoms with Crippen molar-refractivity contribution in [2.75, 3.05) is 0 Å². The van der Waals surface area contributed by atoms with Crippen molar-refractivity contribution < 1.29 is 4.42 Å². The topological polar surface area (TPSA) is 90.5 Å². The number of pyridine rings is 1. The van der Waals surface area contributed by atoms with Crippen LogP contribution >= 0.6 is 0 Å². The zero-order valence-corrected chi connectivity index (χ0v) is 26.1. The van der Waals surface area contributed by atoms with Gasteiger partial charge in [0.1, 0.15) is 16.9 Å². The maximum Gasteiger partial charge on any atom is 0.182 e. The Morgan fingerprint density at radius 1 is 0.388 bits per heavy atom. The molecule has 0 aliphatic rings. The lowest BCUT2D eigenvalue weighted by molar-refractivity contribution is 0.669. The van der Waals surface area contributed by atoms with E-state index >= 15 is 0 Å². The zero-order chi connectivity index (χ0) is 32.6. The molecule has 0 saturated carbocycles. The highest BCUT2D eigenvalue weighted by Gasteiger charge is 2.18. The molecule has 4 aromatic heterocycles. The van der Waals surface area contributed by atoms with Gasteiger partial charge in [0.15, 0.2) is 23.3 Å². The predicted octanol–water partition coefficient (Wildman–Crippen LogP) is 9.96. The first-order chi connectivity index (χ1) is 24.3. The van der Waals surface area contributed by atoms with Crippen molar-refractivity contribution in [3.63, 3.8) is 0 Å². The minimum atomic E-state index is 0.451. The molecule has 0 N–H and O–H groups in total. The summed E-state index contributed by atoms with van der Waals surface area (Å²) in [6.45, 7) is 0. The fourth-order valence-corrected chi connectivity index (χ4v) is 6.09. The van der Waals surface area contributed by atoms with Gasteiger partial charge in [0.2, 0.25) is 0 Å². The summed E-state index contributed by atoms with van der Waals surface area (Å²) in [5.41, 5.74) is 8.73. The second kappa shape index (κ2) is 12.1. The van der Waals surface area contributed by atoms with Crippen LogP contribution in [0.5, 0.6) is 0 Å². The van der Waals surface area contributed by atoms with Gasteiger partial charge in [-0.05, 0) is 41.5 Å². The van der Waals surface area contributed by atoms with Crippen LogP contribution in [0.1, 0.15) is 0 Å². The van der Waals surface area contributed by atoms with Gasteiger partial charge in [-0.25, -0.2) is 24.9 Å². The first kappa shape index (κ1) is 28.4. The van der Waals surface area contributed by atoms with Crippen molar-refractivity contribution in [1.82, 2.24) is 29.9 Å². The molecule has 0 fully saturated rings. The molecule has 9 rings (SSSR count). The minimum Gasteiger partial charge on any atom is -0.456 e. The number of aromatic nitrogens is 6. The monoisotopic (exact) mass is 630 g/mol. The Kier molecular flexibility index (Phi) is 6.98. The minimum absolute atomic E-state index is 0.451. The van der Waals surface area contributed by atoms with Gasteiger partial charge in [-0.1, -0.05) is 115 Å². The summed E-state index contributed by atoms with van der Waals surface area (Å²) in [7, 11) is 0. The fourth-order valence-electron chi connectivity index (χ4n) is 6.09. The smallest absolute Gasteiger partial charge is 0.182 e. The molecule has 0 amide bonds. The Morgan fingerprint density at radius 3 is 1.67 bits per heavy atom. The molecule has 0 saturated heterocycles. The number of hydrogen-bond acceptors (Lipinski definition) is 7. The van der Waals surface area contributed by atoms with E-state index in [9.17, 15) is 0 Å². The third kappa shape index (κ3) is 5.39. The molecule has 0 aliphatic carbocycles. The zero-order valence-electron chi connectivity index (χ0n) is 26.1. The standard InChI is InChI=1S/C42H26N6O/c1-3-11-28(12-4-1)39-44-34(31-15-10-24-43-26-31)25-35(45-39)42-47-40(29-13-5-2-6-14-29)46-41(48-42)30-22-20-27(21-23-30)32-17-9-19-37-38(32)33-16-7-8-18-36(33)49-37/h1-26H. The number of furan rings is 1. The molecule has 0 radical (unpaired) electrons. The van der Waals surface area contributed by atoms with Crippen molar-refractivity contribution in [1.29, 1.82) is 0 Å². The normalized spacial score (nSPS) is 11.3. The maximum absolute atomic E-state index is 6.15. The molecule has 4 heterocycles. The first-order valence-corrected chi connectivity index (χ1v) is 15.9. The molecule has 9 aromatic rings. The van der Waals surface area contributed by atoms with E-state index in [4.69, 9.17) is 29.3 Å². The molecule has 0 atom stereocenters. The molecule has 5 aromatic carbocycles. The van der Waals surface area contributed by atoms with Crippen LogP contribution in [0.25, 0.3) is 90.0 Å². The van der Waals surface area contributed by atoms with Crippen molar-refractivity contribution in [3.05, 3.63) is 158 Å². The van der Waals surface area contributed by atoms with Crippen LogP contribution in [0.2, 0.25) is 0 Å². The van der Waals surface area contributed by atoms with Crippen molar-refractivity contribution in [3.8, 4) is 68.1 Å². The highest BCUT2D eigenvalue weighted by atomic mass is 16.3. The van der Waals surface area contributed by atoms with Gasteiger partial charge in [-0.15, -0.1) is 0 Å². The average molecular weight is 631 g/mol. The Bertz CT molecular complexity index is 2530. The van der Waals surface area contributed by atoms with Gasteiger partial charge in [0.25, 0.3) is 0 Å². The van der Waals surface area contributed by atoms with Gasteiger partial charge in [0.05, 0.1) is 5.69 Å². The Morgan fingerprint density at radius 2 is 0.959 bits per heavy atom. The number of nitrogens with zero attached hydrogens (tertiary/aromatic N) is 6. The van der Waals surface area contributed by atoms with E-state index in [1.165, 1.54) is 0 Å². The second-order valence-electron chi connectivity index (χ2n) is 11.6. The summed E-state index contributed by atoms with van der Waals surface area (Å²) in [4.78, 5) is 29.1. The lowest BCUT2D eigenvalue weighted by atomic mass is 9.98. The summed E-state index contributed by atoms with van der Waals surface area (Å²) in [6.07, 6.45) is 3.54. The van der Waals surface area contributed by atoms with E-state index in [0.717, 1.165) is 61.0 Å². The number of benzene rings is 5. The number of fused-ring (bicyclic) bond motifs is 3. The highest BCUT2D eigenvalue weighted by Crippen LogP contribution is 2.37. The Labute approximate surface area is 281 Å². The molecular weight excluding hydrogens is 605 g/mol. The maximum atomic E-state index is 6.15. The lowest BCUT2D eigenvalue weighted by Crippen LogP contribution is -2.03. The van der Waals surface area contributed by atoms with Crippen molar-refractivity contribution in [2.45, 2.75) is 0 Å². The van der Waals surface area contributed by atoms with Gasteiger partial charge < -0.3 is 4.42 Å². The van der Waals surface area contributed by atoms with E-state index in [-0.39, 0.29) is 0 Å². The van der Waals surface area contributed by atoms with Crippen molar-refractivity contribution in [2.24, 2.45) is 0 Å². The van der Waals surface area contributed by atoms with Crippen LogP contribution < -0.4 is 0 Å². The molecular formula is C42H26N6O. The van der Waals surface area contributed by atoms with Crippen LogP contribution in [0.15, 0.2) is 162 Å². The molecule has 49 heavy (non-hydrogen) atoms. The van der Waals surface area contributed by atoms with Crippen LogP contribution in [0.4, 0.5) is 0 Å². The highest BCUT2D eigenvalue weighted by molar-refractivity contribution is 6.12. The number of hydrogen-bond donors (Lipinski definition) is 0. The third-order valence-corrected chi connectivity index (χ3v) is 8.47.